The number of Topliss-reactive ketones (excluding diaryl/α,β-unsaturated/α-hetero) is 1. The summed E-state index contributed by atoms with van der Waals surface area (Å²) in [5.41, 5.74) is -0.477. The van der Waals surface area contributed by atoms with E-state index in [-0.39, 0.29) is 66.4 Å². The van der Waals surface area contributed by atoms with Gasteiger partial charge in [0.25, 0.3) is 0 Å². The number of carboxylic acids is 1. The fourth-order valence-corrected chi connectivity index (χ4v) is 11.0. The van der Waals surface area contributed by atoms with Crippen LogP contribution >= 0.6 is 0 Å². The second kappa shape index (κ2) is 11.2. The van der Waals surface area contributed by atoms with E-state index in [2.05, 4.69) is 31.4 Å². The van der Waals surface area contributed by atoms with Crippen molar-refractivity contribution in [2.45, 2.75) is 122 Å². The van der Waals surface area contributed by atoms with Crippen molar-refractivity contribution in [3.05, 3.63) is 0 Å². The van der Waals surface area contributed by atoms with Gasteiger partial charge in [0.2, 0.25) is 5.91 Å². The Balaban J connectivity index is 1.07. The Morgan fingerprint density at radius 3 is 2.60 bits per heavy atom. The Bertz CT molecular complexity index is 1100. The number of carboxylic acid groups (broad SMARTS) is 1. The lowest BCUT2D eigenvalue weighted by atomic mass is 9.44. The van der Waals surface area contributed by atoms with Crippen LogP contribution in [-0.4, -0.2) is 59.8 Å². The summed E-state index contributed by atoms with van der Waals surface area (Å²) in [6.07, 6.45) is 9.80. The number of carbonyl (C=O) groups excluding carboxylic acids is 3. The number of amides is 1. The molecule has 6 aliphatic rings. The van der Waals surface area contributed by atoms with Crippen LogP contribution in [0, 0.1) is 46.3 Å². The molecule has 2 aliphatic heterocycles. The smallest absolute Gasteiger partial charge is 0.306 e. The standard InChI is InChI=1S/C33H50N2O7/c1-19-30-25(42-33(19)12-4-5-14-35-33)17-24-22-7-6-20-16-21(41-29(40)9-8-27(37)34-15-11-28(38)39)10-13-31(20,2)23(22)18-26(36)32(24,30)3/h19-25,30,35H,4-18H2,1-3H3,(H,34,37)(H,38,39)/t19-,20-,21-,22?,23?,24?,25?,30?,31-,32+,33+/m0/s1. The topological polar surface area (TPSA) is 131 Å². The molecule has 0 aromatic heterocycles. The Hall–Kier alpha value is -2.00. The lowest BCUT2D eigenvalue weighted by molar-refractivity contribution is -0.169. The fourth-order valence-electron chi connectivity index (χ4n) is 11.0. The first-order valence-corrected chi connectivity index (χ1v) is 16.6. The van der Waals surface area contributed by atoms with Gasteiger partial charge in [0.15, 0.2) is 0 Å². The Kier molecular flexibility index (Phi) is 7.99. The number of fused-ring (bicyclic) bond motifs is 7. The summed E-state index contributed by atoms with van der Waals surface area (Å²) in [5, 5.41) is 15.0. The quantitative estimate of drug-likeness (QED) is 0.378. The van der Waals surface area contributed by atoms with Crippen molar-refractivity contribution in [3.8, 4) is 0 Å². The summed E-state index contributed by atoms with van der Waals surface area (Å²) >= 11 is 0. The first-order chi connectivity index (χ1) is 20.0. The molecule has 4 aliphatic carbocycles. The molecule has 6 fully saturated rings. The van der Waals surface area contributed by atoms with Gasteiger partial charge in [0, 0.05) is 36.6 Å². The molecule has 42 heavy (non-hydrogen) atoms. The average Bonchev–Trinajstić information content (AvgIpc) is 3.39. The SMILES string of the molecule is C[C@H]1C2C(CC3C4CC[C@H]5C[C@@H](OC(=O)CCC(=O)NCCC(=O)O)CC[C@]5(C)C4CC(=O)[C@@]32C)O[C@]12CCCCN2. The summed E-state index contributed by atoms with van der Waals surface area (Å²) < 4.78 is 12.7. The average molecular weight is 587 g/mol. The van der Waals surface area contributed by atoms with Crippen molar-refractivity contribution in [3.63, 3.8) is 0 Å². The van der Waals surface area contributed by atoms with Gasteiger partial charge in [-0.3, -0.25) is 24.5 Å². The van der Waals surface area contributed by atoms with Gasteiger partial charge in [-0.05, 0) is 93.4 Å². The van der Waals surface area contributed by atoms with Gasteiger partial charge in [0.05, 0.1) is 18.9 Å². The first-order valence-electron chi connectivity index (χ1n) is 16.6. The van der Waals surface area contributed by atoms with Gasteiger partial charge in [0.1, 0.15) is 17.6 Å². The maximum Gasteiger partial charge on any atom is 0.306 e. The van der Waals surface area contributed by atoms with Crippen LogP contribution in [0.4, 0.5) is 0 Å². The molecule has 2 saturated heterocycles. The van der Waals surface area contributed by atoms with Gasteiger partial charge in [-0.15, -0.1) is 0 Å². The molecule has 3 N–H and O–H groups in total. The highest BCUT2D eigenvalue weighted by atomic mass is 16.5. The molecule has 1 spiro atoms. The van der Waals surface area contributed by atoms with Crippen molar-refractivity contribution < 1.29 is 33.8 Å². The highest BCUT2D eigenvalue weighted by molar-refractivity contribution is 5.87. The molecule has 0 aromatic rings. The Morgan fingerprint density at radius 2 is 1.86 bits per heavy atom. The molecule has 0 radical (unpaired) electrons. The molecular weight excluding hydrogens is 536 g/mol. The Morgan fingerprint density at radius 1 is 1.05 bits per heavy atom. The first kappa shape index (κ1) is 30.0. The summed E-state index contributed by atoms with van der Waals surface area (Å²) in [6, 6.07) is 0. The number of hydrogen-bond donors (Lipinski definition) is 3. The van der Waals surface area contributed by atoms with Gasteiger partial charge >= 0.3 is 11.9 Å². The van der Waals surface area contributed by atoms with E-state index in [9.17, 15) is 19.2 Å². The predicted molar refractivity (Wildman–Crippen MR) is 154 cm³/mol. The highest BCUT2D eigenvalue weighted by Gasteiger charge is 2.71. The van der Waals surface area contributed by atoms with Crippen molar-refractivity contribution in [1.82, 2.24) is 10.6 Å². The molecule has 5 unspecified atom stereocenters. The van der Waals surface area contributed by atoms with Crippen LogP contribution < -0.4 is 10.6 Å². The molecule has 4 saturated carbocycles. The van der Waals surface area contributed by atoms with E-state index in [4.69, 9.17) is 14.6 Å². The third-order valence-corrected chi connectivity index (χ3v) is 13.1. The summed E-state index contributed by atoms with van der Waals surface area (Å²) in [5.74, 6) is 1.15. The lowest BCUT2D eigenvalue weighted by Crippen LogP contribution is -2.59. The molecule has 0 aromatic carbocycles. The number of ketones is 1. The zero-order valence-electron chi connectivity index (χ0n) is 25.6. The number of rotatable bonds is 7. The summed E-state index contributed by atoms with van der Waals surface area (Å²) in [6.45, 7) is 8.09. The Labute approximate surface area is 249 Å². The molecule has 9 nitrogen and oxygen atoms in total. The van der Waals surface area contributed by atoms with E-state index in [0.717, 1.165) is 51.5 Å². The second-order valence-corrected chi connectivity index (χ2v) is 14.9. The summed E-state index contributed by atoms with van der Waals surface area (Å²) in [4.78, 5) is 49.3. The van der Waals surface area contributed by atoms with Gasteiger partial charge in [-0.1, -0.05) is 20.8 Å². The summed E-state index contributed by atoms with van der Waals surface area (Å²) in [7, 11) is 0. The second-order valence-electron chi connectivity index (χ2n) is 14.9. The van der Waals surface area contributed by atoms with Crippen LogP contribution in [0.3, 0.4) is 0 Å². The molecule has 1 amide bonds. The number of nitrogens with one attached hydrogen (secondary N) is 2. The minimum atomic E-state index is -0.973. The molecular formula is C33H50N2O7. The number of aliphatic carboxylic acids is 1. The number of esters is 1. The molecule has 0 bridgehead atoms. The predicted octanol–water partition coefficient (Wildman–Crippen LogP) is 4.22. The van der Waals surface area contributed by atoms with Crippen LogP contribution in [0.2, 0.25) is 0 Å². The lowest BCUT2D eigenvalue weighted by Gasteiger charge is -2.60. The maximum absolute atomic E-state index is 14.3. The molecule has 234 valence electrons. The number of piperidine rings is 1. The van der Waals surface area contributed by atoms with E-state index in [1.165, 1.54) is 12.8 Å². The maximum atomic E-state index is 14.3. The van der Waals surface area contributed by atoms with E-state index >= 15 is 0 Å². The van der Waals surface area contributed by atoms with Crippen LogP contribution in [0.25, 0.3) is 0 Å². The third-order valence-electron chi connectivity index (χ3n) is 13.1. The van der Waals surface area contributed by atoms with Crippen LogP contribution in [-0.2, 0) is 28.7 Å². The normalized spacial score (nSPS) is 45.8. The molecule has 11 atom stereocenters. The van der Waals surface area contributed by atoms with E-state index in [1.54, 1.807) is 0 Å². The minimum Gasteiger partial charge on any atom is -0.481 e. The van der Waals surface area contributed by atoms with Crippen molar-refractivity contribution in [1.29, 1.82) is 0 Å². The zero-order valence-corrected chi connectivity index (χ0v) is 25.6. The molecule has 2 heterocycles. The van der Waals surface area contributed by atoms with Crippen molar-refractivity contribution in [2.24, 2.45) is 46.3 Å². The molecule has 6 rings (SSSR count). The zero-order chi connectivity index (χ0) is 29.9. The van der Waals surface area contributed by atoms with Crippen LogP contribution in [0.5, 0.6) is 0 Å². The highest BCUT2D eigenvalue weighted by Crippen LogP contribution is 2.70. The van der Waals surface area contributed by atoms with Crippen LogP contribution in [0.1, 0.15) is 104 Å². The largest absolute Gasteiger partial charge is 0.481 e. The monoisotopic (exact) mass is 586 g/mol. The van der Waals surface area contributed by atoms with Gasteiger partial charge < -0.3 is 19.9 Å². The van der Waals surface area contributed by atoms with Gasteiger partial charge in [-0.25, -0.2) is 0 Å². The van der Waals surface area contributed by atoms with Crippen molar-refractivity contribution >= 4 is 23.6 Å². The number of hydrogen-bond acceptors (Lipinski definition) is 7. The minimum absolute atomic E-state index is 0.000159. The van der Waals surface area contributed by atoms with Crippen LogP contribution in [0.15, 0.2) is 0 Å². The van der Waals surface area contributed by atoms with E-state index in [1.807, 2.05) is 0 Å². The van der Waals surface area contributed by atoms with Gasteiger partial charge in [-0.2, -0.15) is 0 Å². The molecule has 9 heteroatoms. The van der Waals surface area contributed by atoms with Crippen molar-refractivity contribution in [2.75, 3.05) is 13.1 Å². The van der Waals surface area contributed by atoms with E-state index < -0.39 is 5.97 Å². The fraction of sp³-hybridized carbons (Fsp3) is 0.879. The number of carbonyl (C=O) groups is 4. The third kappa shape index (κ3) is 4.90. The van der Waals surface area contributed by atoms with E-state index in [0.29, 0.717) is 47.7 Å². The number of ether oxygens (including phenoxy) is 2.